The number of rotatable bonds is 7. The molecular weight excluding hydrogens is 388 g/mol. The van der Waals surface area contributed by atoms with Crippen molar-refractivity contribution >= 4 is 21.6 Å². The zero-order valence-corrected chi connectivity index (χ0v) is 17.9. The first-order valence-corrected chi connectivity index (χ1v) is 11.4. The molecule has 1 saturated heterocycles. The molecule has 1 fully saturated rings. The van der Waals surface area contributed by atoms with Crippen LogP contribution in [0.3, 0.4) is 0 Å². The largest absolute Gasteiger partial charge is 0.481 e. The second kappa shape index (κ2) is 8.97. The molecule has 0 aliphatic carbocycles. The highest BCUT2D eigenvalue weighted by atomic mass is 32.2. The Kier molecular flexibility index (Phi) is 6.59. The summed E-state index contributed by atoms with van der Waals surface area (Å²) in [6.07, 6.45) is 1.10. The summed E-state index contributed by atoms with van der Waals surface area (Å²) < 4.78 is 32.5. The number of amides is 1. The number of carbonyl (C=O) groups excluding carboxylic acids is 1. The van der Waals surface area contributed by atoms with Gasteiger partial charge in [0, 0.05) is 18.8 Å². The first-order chi connectivity index (χ1) is 13.8. The number of benzene rings is 2. The van der Waals surface area contributed by atoms with Crippen molar-refractivity contribution in [2.24, 2.45) is 0 Å². The molecule has 0 aromatic heterocycles. The van der Waals surface area contributed by atoms with Crippen LogP contribution in [0, 0.1) is 0 Å². The van der Waals surface area contributed by atoms with Gasteiger partial charge in [0.05, 0.1) is 4.90 Å². The summed E-state index contributed by atoms with van der Waals surface area (Å²) in [6.45, 7) is 6.97. The summed E-state index contributed by atoms with van der Waals surface area (Å²) in [5.74, 6) is 0.683. The summed E-state index contributed by atoms with van der Waals surface area (Å²) in [5, 5.41) is 2.79. The summed E-state index contributed by atoms with van der Waals surface area (Å²) in [5.41, 5.74) is 1.58. The van der Waals surface area contributed by atoms with Crippen molar-refractivity contribution in [3.05, 3.63) is 54.1 Å². The molecule has 1 amide bonds. The van der Waals surface area contributed by atoms with Crippen molar-refractivity contribution < 1.29 is 17.9 Å². The summed E-state index contributed by atoms with van der Waals surface area (Å²) in [7, 11) is -3.46. The Morgan fingerprint density at radius 2 is 1.62 bits per heavy atom. The smallest absolute Gasteiger partial charge is 0.265 e. The molecule has 0 saturated carbocycles. The van der Waals surface area contributed by atoms with E-state index >= 15 is 0 Å². The van der Waals surface area contributed by atoms with E-state index in [0.29, 0.717) is 24.5 Å². The molecule has 2 aromatic carbocycles. The summed E-state index contributed by atoms with van der Waals surface area (Å²) in [4.78, 5) is 12.8. The van der Waals surface area contributed by atoms with Crippen molar-refractivity contribution in [1.82, 2.24) is 4.31 Å². The second-order valence-corrected chi connectivity index (χ2v) is 9.52. The maximum atomic E-state index is 12.6. The van der Waals surface area contributed by atoms with Gasteiger partial charge < -0.3 is 10.1 Å². The van der Waals surface area contributed by atoms with Gasteiger partial charge in [-0.2, -0.15) is 4.31 Å². The van der Waals surface area contributed by atoms with Gasteiger partial charge in [0.1, 0.15) is 5.75 Å². The van der Waals surface area contributed by atoms with E-state index in [-0.39, 0.29) is 16.7 Å². The van der Waals surface area contributed by atoms with Gasteiger partial charge in [-0.15, -0.1) is 0 Å². The Hall–Kier alpha value is -2.38. The van der Waals surface area contributed by atoms with Crippen LogP contribution in [0.2, 0.25) is 0 Å². The van der Waals surface area contributed by atoms with Gasteiger partial charge in [0.2, 0.25) is 10.0 Å². The second-order valence-electron chi connectivity index (χ2n) is 7.58. The average molecular weight is 417 g/mol. The zero-order valence-electron chi connectivity index (χ0n) is 17.1. The van der Waals surface area contributed by atoms with Crippen LogP contribution in [0.1, 0.15) is 45.1 Å². The molecular formula is C22H28N2O4S. The van der Waals surface area contributed by atoms with E-state index in [1.165, 1.54) is 16.4 Å². The van der Waals surface area contributed by atoms with Gasteiger partial charge in [-0.1, -0.05) is 32.0 Å². The number of nitrogens with one attached hydrogen (secondary N) is 1. The van der Waals surface area contributed by atoms with Crippen LogP contribution in [0.15, 0.2) is 53.4 Å². The lowest BCUT2D eigenvalue weighted by molar-refractivity contribution is -0.122. The van der Waals surface area contributed by atoms with Crippen molar-refractivity contribution in [3.63, 3.8) is 0 Å². The number of carbonyl (C=O) groups is 1. The first kappa shape index (κ1) is 21.3. The topological polar surface area (TPSA) is 75.7 Å². The minimum atomic E-state index is -3.46. The van der Waals surface area contributed by atoms with Gasteiger partial charge in [-0.25, -0.2) is 8.42 Å². The minimum absolute atomic E-state index is 0.243. The predicted molar refractivity (Wildman–Crippen MR) is 114 cm³/mol. The molecule has 2 aromatic rings. The fraction of sp³-hybridized carbons (Fsp3) is 0.409. The van der Waals surface area contributed by atoms with Crippen molar-refractivity contribution in [3.8, 4) is 5.75 Å². The Morgan fingerprint density at radius 3 is 2.24 bits per heavy atom. The average Bonchev–Trinajstić information content (AvgIpc) is 3.24. The van der Waals surface area contributed by atoms with Gasteiger partial charge in [0.25, 0.3) is 5.91 Å². The first-order valence-electron chi connectivity index (χ1n) is 9.95. The monoisotopic (exact) mass is 416 g/mol. The lowest BCUT2D eigenvalue weighted by Crippen LogP contribution is -2.30. The fourth-order valence-corrected chi connectivity index (χ4v) is 4.86. The SMILES string of the molecule is CC(Oc1ccccc1C(C)C)C(=O)Nc1ccc(S(=O)(=O)N2CCCC2)cc1. The highest BCUT2D eigenvalue weighted by Crippen LogP contribution is 2.27. The molecule has 3 rings (SSSR count). The number of hydrogen-bond acceptors (Lipinski definition) is 4. The van der Waals surface area contributed by atoms with Crippen LogP contribution in [-0.2, 0) is 14.8 Å². The van der Waals surface area contributed by atoms with E-state index in [4.69, 9.17) is 4.74 Å². The van der Waals surface area contributed by atoms with Gasteiger partial charge in [-0.05, 0) is 61.6 Å². The lowest BCUT2D eigenvalue weighted by Gasteiger charge is -2.19. The van der Waals surface area contributed by atoms with Gasteiger partial charge in [-0.3, -0.25) is 4.79 Å². The van der Waals surface area contributed by atoms with Crippen molar-refractivity contribution in [1.29, 1.82) is 0 Å². The quantitative estimate of drug-likeness (QED) is 0.740. The van der Waals surface area contributed by atoms with Crippen molar-refractivity contribution in [2.45, 2.75) is 50.5 Å². The zero-order chi connectivity index (χ0) is 21.0. The number of anilines is 1. The molecule has 0 radical (unpaired) electrons. The van der Waals surface area contributed by atoms with Gasteiger partial charge in [0.15, 0.2) is 6.10 Å². The number of nitrogens with zero attached hydrogens (tertiary/aromatic N) is 1. The Morgan fingerprint density at radius 1 is 1.00 bits per heavy atom. The Bertz CT molecular complexity index is 949. The van der Waals surface area contributed by atoms with Crippen LogP contribution < -0.4 is 10.1 Å². The van der Waals surface area contributed by atoms with E-state index in [9.17, 15) is 13.2 Å². The molecule has 1 heterocycles. The van der Waals surface area contributed by atoms with E-state index in [0.717, 1.165) is 18.4 Å². The molecule has 1 aliphatic heterocycles. The van der Waals surface area contributed by atoms with Crippen LogP contribution in [0.5, 0.6) is 5.75 Å². The Labute approximate surface area is 172 Å². The number of para-hydroxylation sites is 1. The third-order valence-corrected chi connectivity index (χ3v) is 6.95. The normalized spacial score (nSPS) is 16.0. The highest BCUT2D eigenvalue weighted by molar-refractivity contribution is 7.89. The molecule has 1 unspecified atom stereocenters. The molecule has 0 spiro atoms. The molecule has 156 valence electrons. The maximum Gasteiger partial charge on any atom is 0.265 e. The Balaban J connectivity index is 1.65. The third-order valence-electron chi connectivity index (χ3n) is 5.04. The molecule has 7 heteroatoms. The van der Waals surface area contributed by atoms with E-state index in [1.807, 2.05) is 24.3 Å². The van der Waals surface area contributed by atoms with Crippen LogP contribution in [0.25, 0.3) is 0 Å². The van der Waals surface area contributed by atoms with Crippen LogP contribution in [-0.4, -0.2) is 37.8 Å². The maximum absolute atomic E-state index is 12.6. The van der Waals surface area contributed by atoms with Crippen LogP contribution in [0.4, 0.5) is 5.69 Å². The molecule has 1 N–H and O–H groups in total. The van der Waals surface area contributed by atoms with Gasteiger partial charge >= 0.3 is 0 Å². The highest BCUT2D eigenvalue weighted by Gasteiger charge is 2.27. The third kappa shape index (κ3) is 4.97. The molecule has 6 nitrogen and oxygen atoms in total. The number of hydrogen-bond donors (Lipinski definition) is 1. The molecule has 0 bridgehead atoms. The lowest BCUT2D eigenvalue weighted by atomic mass is 10.0. The predicted octanol–water partition coefficient (Wildman–Crippen LogP) is 4.00. The standard InChI is InChI=1S/C22H28N2O4S/c1-16(2)20-8-4-5-9-21(20)28-17(3)22(25)23-18-10-12-19(13-11-18)29(26,27)24-14-6-7-15-24/h4-5,8-13,16-17H,6-7,14-15H2,1-3H3,(H,23,25). The van der Waals surface area contributed by atoms with E-state index in [2.05, 4.69) is 19.2 Å². The molecule has 29 heavy (non-hydrogen) atoms. The number of ether oxygens (including phenoxy) is 1. The van der Waals surface area contributed by atoms with E-state index < -0.39 is 16.1 Å². The fourth-order valence-electron chi connectivity index (χ4n) is 3.34. The molecule has 1 atom stereocenters. The minimum Gasteiger partial charge on any atom is -0.481 e. The molecule has 1 aliphatic rings. The van der Waals surface area contributed by atoms with E-state index in [1.54, 1.807) is 19.1 Å². The number of sulfonamides is 1. The van der Waals surface area contributed by atoms with Crippen molar-refractivity contribution in [2.75, 3.05) is 18.4 Å². The summed E-state index contributed by atoms with van der Waals surface area (Å²) in [6, 6.07) is 14.0. The van der Waals surface area contributed by atoms with Crippen LogP contribution >= 0.6 is 0 Å². The summed E-state index contributed by atoms with van der Waals surface area (Å²) >= 11 is 0.